The molecule has 0 fully saturated rings. The number of imidazole rings is 1. The summed E-state index contributed by atoms with van der Waals surface area (Å²) in [7, 11) is 0. The maximum Gasteiger partial charge on any atom is 0.335 e. The van der Waals surface area contributed by atoms with Crippen LogP contribution in [0.5, 0.6) is 0 Å². The fourth-order valence-electron chi connectivity index (χ4n) is 4.19. The van der Waals surface area contributed by atoms with E-state index >= 15 is 0 Å². The van der Waals surface area contributed by atoms with Gasteiger partial charge in [0.15, 0.2) is 12.4 Å². The lowest BCUT2D eigenvalue weighted by molar-refractivity contribution is -0.604. The van der Waals surface area contributed by atoms with E-state index in [4.69, 9.17) is 10.7 Å². The molecule has 0 aliphatic rings. The van der Waals surface area contributed by atoms with Gasteiger partial charge in [-0.2, -0.15) is 4.73 Å². The summed E-state index contributed by atoms with van der Waals surface area (Å²) in [5.41, 5.74) is 8.95. The summed E-state index contributed by atoms with van der Waals surface area (Å²) in [4.78, 5) is 29.1. The molecule has 0 spiro atoms. The normalized spacial score (nSPS) is 11.9. The summed E-state index contributed by atoms with van der Waals surface area (Å²) in [6.45, 7) is 2.65. The number of nitrogens with zero attached hydrogens (tertiary/aromatic N) is 3. The lowest BCUT2D eigenvalue weighted by atomic mass is 10.0. The smallest absolute Gasteiger partial charge is 0.335 e. The fourth-order valence-corrected chi connectivity index (χ4v) is 4.19. The van der Waals surface area contributed by atoms with Crippen molar-refractivity contribution in [3.8, 4) is 11.1 Å². The Hall–Kier alpha value is -4.24. The number of benzene rings is 2. The van der Waals surface area contributed by atoms with Gasteiger partial charge in [0.2, 0.25) is 5.95 Å². The highest BCUT2D eigenvalue weighted by molar-refractivity contribution is 6.06. The standard InChI is InChI=1S/C26H27N5O4/c1-17(7-2-3-13-27)31-23-21(20-10-6-14-30(35)16-20)11-5-12-22(23)28-26(31)29-24(32)18-8-4-9-19(15-18)25(33)34/h4-6,8-12,14-17H,2-3,7,13,27H2,1H3,(H,33,34)(H,28,29,32). The second-order valence-electron chi connectivity index (χ2n) is 8.40. The largest absolute Gasteiger partial charge is 0.619 e. The molecule has 0 saturated carbocycles. The molecular weight excluding hydrogens is 446 g/mol. The van der Waals surface area contributed by atoms with Gasteiger partial charge in [0, 0.05) is 28.8 Å². The van der Waals surface area contributed by atoms with Crippen molar-refractivity contribution in [1.82, 2.24) is 9.55 Å². The molecule has 4 rings (SSSR count). The van der Waals surface area contributed by atoms with Gasteiger partial charge < -0.3 is 20.6 Å². The van der Waals surface area contributed by atoms with E-state index in [2.05, 4.69) is 5.32 Å². The summed E-state index contributed by atoms with van der Waals surface area (Å²) in [6, 6.07) is 15.0. The van der Waals surface area contributed by atoms with Crippen molar-refractivity contribution in [2.75, 3.05) is 11.9 Å². The van der Waals surface area contributed by atoms with Crippen LogP contribution < -0.4 is 15.8 Å². The van der Waals surface area contributed by atoms with Crippen LogP contribution in [-0.2, 0) is 0 Å². The van der Waals surface area contributed by atoms with Crippen LogP contribution in [0.15, 0.2) is 67.0 Å². The molecule has 0 bridgehead atoms. The molecule has 0 aliphatic heterocycles. The van der Waals surface area contributed by atoms with Crippen LogP contribution in [0.1, 0.15) is 52.9 Å². The molecular formula is C26H27N5O4. The number of carbonyl (C=O) groups is 2. The third-order valence-electron chi connectivity index (χ3n) is 5.91. The molecule has 1 unspecified atom stereocenters. The van der Waals surface area contributed by atoms with Crippen LogP contribution in [0, 0.1) is 5.21 Å². The number of carboxylic acid groups (broad SMARTS) is 1. The zero-order chi connectivity index (χ0) is 24.9. The number of hydrogen-bond donors (Lipinski definition) is 3. The number of fused-ring (bicyclic) bond motifs is 1. The lowest BCUT2D eigenvalue weighted by Gasteiger charge is -2.19. The molecule has 35 heavy (non-hydrogen) atoms. The van der Waals surface area contributed by atoms with Crippen molar-refractivity contribution < 1.29 is 19.4 Å². The molecule has 9 nitrogen and oxygen atoms in total. The van der Waals surface area contributed by atoms with Crippen LogP contribution in [-0.4, -0.2) is 33.1 Å². The number of carboxylic acids is 1. The minimum absolute atomic E-state index is 0.0265. The van der Waals surface area contributed by atoms with Crippen molar-refractivity contribution in [3.63, 3.8) is 0 Å². The minimum Gasteiger partial charge on any atom is -0.619 e. The zero-order valence-electron chi connectivity index (χ0n) is 19.3. The van der Waals surface area contributed by atoms with Crippen molar-refractivity contribution in [3.05, 3.63) is 83.3 Å². The second-order valence-corrected chi connectivity index (χ2v) is 8.40. The third kappa shape index (κ3) is 5.15. The summed E-state index contributed by atoms with van der Waals surface area (Å²) in [6.07, 6.45) is 5.51. The van der Waals surface area contributed by atoms with E-state index < -0.39 is 11.9 Å². The number of aromatic nitrogens is 3. The van der Waals surface area contributed by atoms with Crippen molar-refractivity contribution in [2.45, 2.75) is 32.2 Å². The Morgan fingerprint density at radius 3 is 2.66 bits per heavy atom. The number of amides is 1. The molecule has 0 saturated heterocycles. The predicted octanol–water partition coefficient (Wildman–Crippen LogP) is 3.98. The highest BCUT2D eigenvalue weighted by Gasteiger charge is 2.22. The van der Waals surface area contributed by atoms with Gasteiger partial charge in [0.25, 0.3) is 5.91 Å². The molecule has 2 aromatic heterocycles. The molecule has 2 heterocycles. The SMILES string of the molecule is CC(CCCCN)n1c(NC(=O)c2cccc(C(=O)O)c2)nc2cccc(-c3ccc[n+]([O-])c3)c21. The van der Waals surface area contributed by atoms with Crippen molar-refractivity contribution in [1.29, 1.82) is 0 Å². The Morgan fingerprint density at radius 2 is 1.91 bits per heavy atom. The number of para-hydroxylation sites is 1. The molecule has 4 N–H and O–H groups in total. The van der Waals surface area contributed by atoms with Gasteiger partial charge >= 0.3 is 5.97 Å². The van der Waals surface area contributed by atoms with Gasteiger partial charge in [-0.3, -0.25) is 10.1 Å². The average molecular weight is 474 g/mol. The first-order valence-electron chi connectivity index (χ1n) is 11.4. The minimum atomic E-state index is -1.11. The molecule has 4 aromatic rings. The van der Waals surface area contributed by atoms with Gasteiger partial charge in [0.05, 0.1) is 16.6 Å². The summed E-state index contributed by atoms with van der Waals surface area (Å²) >= 11 is 0. The molecule has 180 valence electrons. The Kier molecular flexibility index (Phi) is 7.07. The summed E-state index contributed by atoms with van der Waals surface area (Å²) in [5.74, 6) is -1.22. The van der Waals surface area contributed by atoms with E-state index in [0.717, 1.165) is 40.6 Å². The van der Waals surface area contributed by atoms with Crippen LogP contribution in [0.4, 0.5) is 5.95 Å². The highest BCUT2D eigenvalue weighted by atomic mass is 16.5. The van der Waals surface area contributed by atoms with E-state index in [1.165, 1.54) is 30.6 Å². The first kappa shape index (κ1) is 23.9. The fraction of sp³-hybridized carbons (Fsp3) is 0.231. The quantitative estimate of drug-likeness (QED) is 0.191. The zero-order valence-corrected chi connectivity index (χ0v) is 19.3. The van der Waals surface area contributed by atoms with E-state index in [-0.39, 0.29) is 17.2 Å². The summed E-state index contributed by atoms with van der Waals surface area (Å²) < 4.78 is 2.72. The molecule has 1 atom stereocenters. The molecule has 9 heteroatoms. The number of hydrogen-bond acceptors (Lipinski definition) is 5. The van der Waals surface area contributed by atoms with Crippen LogP contribution >= 0.6 is 0 Å². The van der Waals surface area contributed by atoms with E-state index in [9.17, 15) is 19.9 Å². The number of rotatable bonds is 9. The topological polar surface area (TPSA) is 137 Å². The highest BCUT2D eigenvalue weighted by Crippen LogP contribution is 2.34. The van der Waals surface area contributed by atoms with Crippen LogP contribution in [0.25, 0.3) is 22.2 Å². The van der Waals surface area contributed by atoms with Gasteiger partial charge in [-0.25, -0.2) is 9.78 Å². The number of unbranched alkanes of at least 4 members (excludes halogenated alkanes) is 1. The second kappa shape index (κ2) is 10.4. The number of pyridine rings is 1. The molecule has 0 aliphatic carbocycles. The van der Waals surface area contributed by atoms with Crippen LogP contribution in [0.3, 0.4) is 0 Å². The Bertz CT molecular complexity index is 1380. The molecule has 2 aromatic carbocycles. The Balaban J connectivity index is 1.81. The Labute approximate surface area is 202 Å². The number of nitrogens with two attached hydrogens (primary N) is 1. The number of carbonyl (C=O) groups excluding carboxylic acids is 1. The lowest BCUT2D eigenvalue weighted by Crippen LogP contribution is -2.24. The van der Waals surface area contributed by atoms with Crippen molar-refractivity contribution in [2.24, 2.45) is 5.73 Å². The van der Waals surface area contributed by atoms with Gasteiger partial charge in [-0.05, 0) is 56.6 Å². The maximum atomic E-state index is 13.1. The average Bonchev–Trinajstić information content (AvgIpc) is 3.22. The molecule has 0 radical (unpaired) electrons. The Morgan fingerprint density at radius 1 is 1.14 bits per heavy atom. The first-order chi connectivity index (χ1) is 16.9. The van der Waals surface area contributed by atoms with Crippen LogP contribution in [0.2, 0.25) is 0 Å². The van der Waals surface area contributed by atoms with E-state index in [1.807, 2.05) is 35.8 Å². The first-order valence-corrected chi connectivity index (χ1v) is 11.4. The van der Waals surface area contributed by atoms with Crippen molar-refractivity contribution >= 4 is 28.9 Å². The third-order valence-corrected chi connectivity index (χ3v) is 5.91. The number of nitrogens with one attached hydrogen (secondary N) is 1. The number of aromatic carboxylic acids is 1. The monoisotopic (exact) mass is 473 g/mol. The predicted molar refractivity (Wildman–Crippen MR) is 133 cm³/mol. The van der Waals surface area contributed by atoms with E-state index in [0.29, 0.717) is 18.0 Å². The summed E-state index contributed by atoms with van der Waals surface area (Å²) in [5, 5.41) is 24.1. The van der Waals surface area contributed by atoms with E-state index in [1.54, 1.807) is 12.1 Å². The molecule has 1 amide bonds. The van der Waals surface area contributed by atoms with Gasteiger partial charge in [0.1, 0.15) is 0 Å². The van der Waals surface area contributed by atoms with Gasteiger partial charge in [-0.1, -0.05) is 24.6 Å². The van der Waals surface area contributed by atoms with Gasteiger partial charge in [-0.15, -0.1) is 0 Å². The maximum absolute atomic E-state index is 13.1. The number of anilines is 1.